The Morgan fingerprint density at radius 1 is 1.33 bits per heavy atom. The minimum Gasteiger partial charge on any atom is -0.372 e. The van der Waals surface area contributed by atoms with E-state index in [1.165, 1.54) is 18.3 Å². The number of carbonyl (C=O) groups is 1. The van der Waals surface area contributed by atoms with E-state index in [0.717, 1.165) is 5.56 Å². The van der Waals surface area contributed by atoms with E-state index in [9.17, 15) is 9.18 Å². The first-order chi connectivity index (χ1) is 10.1. The summed E-state index contributed by atoms with van der Waals surface area (Å²) in [5.41, 5.74) is 1.36. The first kappa shape index (κ1) is 15.3. The summed E-state index contributed by atoms with van der Waals surface area (Å²) >= 11 is 5.98. The average Bonchev–Trinajstić information content (AvgIpc) is 2.49. The van der Waals surface area contributed by atoms with Crippen molar-refractivity contribution in [3.63, 3.8) is 0 Å². The van der Waals surface area contributed by atoms with Gasteiger partial charge in [-0.2, -0.15) is 0 Å². The number of anilines is 1. The van der Waals surface area contributed by atoms with Crippen LogP contribution >= 0.6 is 11.6 Å². The zero-order chi connectivity index (χ0) is 15.2. The van der Waals surface area contributed by atoms with Crippen molar-refractivity contribution in [1.82, 2.24) is 10.3 Å². The lowest BCUT2D eigenvalue weighted by Gasteiger charge is -2.07. The highest BCUT2D eigenvalue weighted by molar-refractivity contribution is 6.33. The molecule has 0 aliphatic carbocycles. The van der Waals surface area contributed by atoms with Crippen LogP contribution in [-0.2, 0) is 6.42 Å². The monoisotopic (exact) mass is 307 g/mol. The molecular weight excluding hydrogens is 293 g/mol. The first-order valence-corrected chi connectivity index (χ1v) is 6.84. The Hall–Kier alpha value is -2.14. The van der Waals surface area contributed by atoms with Gasteiger partial charge >= 0.3 is 0 Å². The highest BCUT2D eigenvalue weighted by Crippen LogP contribution is 2.19. The summed E-state index contributed by atoms with van der Waals surface area (Å²) in [7, 11) is 1.71. The normalized spacial score (nSPS) is 10.2. The SMILES string of the molecule is CNc1ncc(C(=O)NCCc2ccc(F)cc2)cc1Cl. The number of nitrogens with one attached hydrogen (secondary N) is 2. The second-order valence-corrected chi connectivity index (χ2v) is 4.84. The van der Waals surface area contributed by atoms with Gasteiger partial charge in [0, 0.05) is 19.8 Å². The molecule has 2 N–H and O–H groups in total. The maximum absolute atomic E-state index is 12.8. The topological polar surface area (TPSA) is 54.0 Å². The standard InChI is InChI=1S/C15H15ClFN3O/c1-18-14-13(16)8-11(9-20-14)15(21)19-7-6-10-2-4-12(17)5-3-10/h2-5,8-9H,6-7H2,1H3,(H,18,20)(H,19,21). The molecule has 1 amide bonds. The van der Waals surface area contributed by atoms with Crippen LogP contribution in [0.3, 0.4) is 0 Å². The van der Waals surface area contributed by atoms with E-state index in [-0.39, 0.29) is 11.7 Å². The van der Waals surface area contributed by atoms with E-state index in [1.807, 2.05) is 0 Å². The molecule has 0 atom stereocenters. The molecule has 21 heavy (non-hydrogen) atoms. The highest BCUT2D eigenvalue weighted by Gasteiger charge is 2.08. The van der Waals surface area contributed by atoms with E-state index >= 15 is 0 Å². The van der Waals surface area contributed by atoms with Crippen molar-refractivity contribution in [3.8, 4) is 0 Å². The average molecular weight is 308 g/mol. The Bertz CT molecular complexity index is 631. The van der Waals surface area contributed by atoms with Crippen molar-refractivity contribution in [1.29, 1.82) is 0 Å². The molecule has 0 aliphatic rings. The van der Waals surface area contributed by atoms with Crippen molar-refractivity contribution >= 4 is 23.3 Å². The van der Waals surface area contributed by atoms with Crippen LogP contribution in [0.1, 0.15) is 15.9 Å². The van der Waals surface area contributed by atoms with Gasteiger partial charge in [-0.25, -0.2) is 9.37 Å². The number of hydrogen-bond acceptors (Lipinski definition) is 3. The summed E-state index contributed by atoms with van der Waals surface area (Å²) in [5, 5.41) is 5.99. The van der Waals surface area contributed by atoms with Crippen molar-refractivity contribution in [3.05, 3.63) is 58.5 Å². The van der Waals surface area contributed by atoms with Gasteiger partial charge in [0.15, 0.2) is 0 Å². The third-order valence-corrected chi connectivity index (χ3v) is 3.24. The number of amides is 1. The number of aromatic nitrogens is 1. The van der Waals surface area contributed by atoms with Crippen LogP contribution in [0.4, 0.5) is 10.2 Å². The van der Waals surface area contributed by atoms with Gasteiger partial charge in [-0.15, -0.1) is 0 Å². The molecule has 1 heterocycles. The molecule has 0 radical (unpaired) electrons. The maximum atomic E-state index is 12.8. The predicted octanol–water partition coefficient (Wildman–Crippen LogP) is 2.89. The molecule has 1 aromatic carbocycles. The van der Waals surface area contributed by atoms with Gasteiger partial charge in [-0.1, -0.05) is 23.7 Å². The summed E-state index contributed by atoms with van der Waals surface area (Å²) in [5.74, 6) is 0.0156. The second kappa shape index (κ2) is 7.04. The Balaban J connectivity index is 1.89. The van der Waals surface area contributed by atoms with Gasteiger partial charge in [0.2, 0.25) is 0 Å². The van der Waals surface area contributed by atoms with Crippen LogP contribution in [-0.4, -0.2) is 24.5 Å². The van der Waals surface area contributed by atoms with E-state index < -0.39 is 0 Å². The zero-order valence-electron chi connectivity index (χ0n) is 11.5. The van der Waals surface area contributed by atoms with Crippen LogP contribution < -0.4 is 10.6 Å². The summed E-state index contributed by atoms with van der Waals surface area (Å²) in [6, 6.07) is 7.76. The molecule has 0 aliphatic heterocycles. The first-order valence-electron chi connectivity index (χ1n) is 6.46. The molecular formula is C15H15ClFN3O. The summed E-state index contributed by atoms with van der Waals surface area (Å²) in [4.78, 5) is 16.0. The zero-order valence-corrected chi connectivity index (χ0v) is 12.2. The lowest BCUT2D eigenvalue weighted by molar-refractivity contribution is 0.0954. The van der Waals surface area contributed by atoms with E-state index in [4.69, 9.17) is 11.6 Å². The van der Waals surface area contributed by atoms with E-state index in [2.05, 4.69) is 15.6 Å². The van der Waals surface area contributed by atoms with Crippen LogP contribution in [0, 0.1) is 5.82 Å². The fourth-order valence-corrected chi connectivity index (χ4v) is 2.08. The van der Waals surface area contributed by atoms with Crippen molar-refractivity contribution in [2.75, 3.05) is 18.9 Å². The van der Waals surface area contributed by atoms with Gasteiger partial charge in [-0.3, -0.25) is 4.79 Å². The molecule has 0 fully saturated rings. The molecule has 6 heteroatoms. The highest BCUT2D eigenvalue weighted by atomic mass is 35.5. The third kappa shape index (κ3) is 4.16. The van der Waals surface area contributed by atoms with Gasteiger partial charge in [0.05, 0.1) is 10.6 Å². The Labute approximate surface area is 127 Å². The Morgan fingerprint density at radius 2 is 2.05 bits per heavy atom. The largest absolute Gasteiger partial charge is 0.372 e. The minimum absolute atomic E-state index is 0.242. The molecule has 110 valence electrons. The second-order valence-electron chi connectivity index (χ2n) is 4.44. The number of nitrogens with zero attached hydrogens (tertiary/aromatic N) is 1. The lowest BCUT2D eigenvalue weighted by atomic mass is 10.1. The smallest absolute Gasteiger partial charge is 0.252 e. The third-order valence-electron chi connectivity index (χ3n) is 2.95. The summed E-state index contributed by atoms with van der Waals surface area (Å²) < 4.78 is 12.8. The van der Waals surface area contributed by atoms with Crippen LogP contribution in [0.25, 0.3) is 0 Å². The number of pyridine rings is 1. The lowest BCUT2D eigenvalue weighted by Crippen LogP contribution is -2.25. The van der Waals surface area contributed by atoms with Crippen molar-refractivity contribution < 1.29 is 9.18 Å². The van der Waals surface area contributed by atoms with Gasteiger partial charge in [-0.05, 0) is 30.2 Å². The van der Waals surface area contributed by atoms with Crippen LogP contribution in [0.2, 0.25) is 5.02 Å². The number of hydrogen-bond donors (Lipinski definition) is 2. The molecule has 2 aromatic rings. The van der Waals surface area contributed by atoms with Gasteiger partial charge in [0.1, 0.15) is 11.6 Å². The molecule has 0 saturated heterocycles. The summed E-state index contributed by atoms with van der Waals surface area (Å²) in [6.45, 7) is 0.454. The minimum atomic E-state index is -0.270. The maximum Gasteiger partial charge on any atom is 0.252 e. The molecule has 0 unspecified atom stereocenters. The predicted molar refractivity (Wildman–Crippen MR) is 81.2 cm³/mol. The van der Waals surface area contributed by atoms with Crippen LogP contribution in [0.15, 0.2) is 36.5 Å². The van der Waals surface area contributed by atoms with Crippen molar-refractivity contribution in [2.24, 2.45) is 0 Å². The molecule has 1 aromatic heterocycles. The fourth-order valence-electron chi connectivity index (χ4n) is 1.82. The number of rotatable bonds is 5. The Kier molecular flexibility index (Phi) is 5.11. The molecule has 2 rings (SSSR count). The number of benzene rings is 1. The van der Waals surface area contributed by atoms with Gasteiger partial charge < -0.3 is 10.6 Å². The fraction of sp³-hybridized carbons (Fsp3) is 0.200. The quantitative estimate of drug-likeness (QED) is 0.893. The van der Waals surface area contributed by atoms with E-state index in [0.29, 0.717) is 29.4 Å². The molecule has 4 nitrogen and oxygen atoms in total. The number of carbonyl (C=O) groups excluding carboxylic acids is 1. The molecule has 0 bridgehead atoms. The summed E-state index contributed by atoms with van der Waals surface area (Å²) in [6.07, 6.45) is 2.09. The van der Waals surface area contributed by atoms with Crippen LogP contribution in [0.5, 0.6) is 0 Å². The van der Waals surface area contributed by atoms with Crippen molar-refractivity contribution in [2.45, 2.75) is 6.42 Å². The van der Waals surface area contributed by atoms with E-state index in [1.54, 1.807) is 25.2 Å². The number of halogens is 2. The Morgan fingerprint density at radius 3 is 2.67 bits per heavy atom. The van der Waals surface area contributed by atoms with Gasteiger partial charge in [0.25, 0.3) is 5.91 Å². The molecule has 0 spiro atoms. The molecule has 0 saturated carbocycles.